The van der Waals surface area contributed by atoms with Gasteiger partial charge in [-0.05, 0) is 70.4 Å². The molecule has 178 valence electrons. The highest BCUT2D eigenvalue weighted by Gasteiger charge is 2.52. The van der Waals surface area contributed by atoms with Gasteiger partial charge in [-0.3, -0.25) is 14.9 Å². The molecule has 1 saturated carbocycles. The van der Waals surface area contributed by atoms with Crippen LogP contribution in [0.1, 0.15) is 49.5 Å². The molecule has 0 bridgehead atoms. The minimum atomic E-state index is -0.988. The van der Waals surface area contributed by atoms with E-state index in [0.717, 1.165) is 10.3 Å². The number of amides is 3. The van der Waals surface area contributed by atoms with Crippen molar-refractivity contribution in [3.05, 3.63) is 52.5 Å². The maximum Gasteiger partial charge on any atom is 0.408 e. The van der Waals surface area contributed by atoms with Crippen molar-refractivity contribution in [3.8, 4) is 0 Å². The van der Waals surface area contributed by atoms with Crippen molar-refractivity contribution in [2.75, 3.05) is 10.6 Å². The average Bonchev–Trinajstić information content (AvgIpc) is 3.39. The molecule has 0 aliphatic heterocycles. The number of hydrogen-bond donors (Lipinski definition) is 3. The Morgan fingerprint density at radius 1 is 1.12 bits per heavy atom. The minimum Gasteiger partial charge on any atom is -0.444 e. The molecule has 1 fully saturated rings. The first-order chi connectivity index (χ1) is 16.0. The minimum absolute atomic E-state index is 0.296. The van der Waals surface area contributed by atoms with Gasteiger partial charge in [0.15, 0.2) is 5.13 Å². The number of hydrogen-bond acceptors (Lipinski definition) is 6. The highest BCUT2D eigenvalue weighted by Crippen LogP contribution is 2.38. The molecule has 3 amide bonds. The topological polar surface area (TPSA) is 109 Å². The molecule has 4 rings (SSSR count). The summed E-state index contributed by atoms with van der Waals surface area (Å²) in [7, 11) is 0. The van der Waals surface area contributed by atoms with Gasteiger partial charge in [-0.25, -0.2) is 9.78 Å². The van der Waals surface area contributed by atoms with Crippen molar-refractivity contribution in [2.45, 2.75) is 51.7 Å². The van der Waals surface area contributed by atoms with Gasteiger partial charge < -0.3 is 15.4 Å². The molecule has 0 unspecified atom stereocenters. The molecule has 8 nitrogen and oxygen atoms in total. The number of para-hydroxylation sites is 1. The van der Waals surface area contributed by atoms with Crippen LogP contribution in [0.25, 0.3) is 10.2 Å². The second-order valence-electron chi connectivity index (χ2n) is 9.25. The second kappa shape index (κ2) is 8.88. The summed E-state index contributed by atoms with van der Waals surface area (Å²) in [5.74, 6) is -0.639. The Balaban J connectivity index is 1.46. The Kier molecular flexibility index (Phi) is 6.26. The van der Waals surface area contributed by atoms with Gasteiger partial charge in [-0.15, -0.1) is 0 Å². The van der Waals surface area contributed by atoms with Crippen LogP contribution in [-0.4, -0.2) is 34.0 Å². The number of alkyl carbamates (subject to hydrolysis) is 1. The third kappa shape index (κ3) is 5.31. The number of benzene rings is 2. The molecule has 1 aliphatic rings. The number of aryl methyl sites for hydroxylation is 1. The zero-order chi connectivity index (χ0) is 24.7. The van der Waals surface area contributed by atoms with Crippen LogP contribution < -0.4 is 16.0 Å². The number of aromatic nitrogens is 1. The molecular formula is C24H25ClN4O4S. The van der Waals surface area contributed by atoms with Crippen LogP contribution >= 0.6 is 22.9 Å². The van der Waals surface area contributed by atoms with Gasteiger partial charge in [-0.2, -0.15) is 0 Å². The van der Waals surface area contributed by atoms with E-state index in [9.17, 15) is 14.4 Å². The number of anilines is 2. The second-order valence-corrected chi connectivity index (χ2v) is 10.7. The lowest BCUT2D eigenvalue weighted by Gasteiger charge is -2.22. The first kappa shape index (κ1) is 24.0. The molecule has 34 heavy (non-hydrogen) atoms. The maximum atomic E-state index is 12.8. The van der Waals surface area contributed by atoms with Crippen molar-refractivity contribution in [1.29, 1.82) is 0 Å². The van der Waals surface area contributed by atoms with E-state index in [0.29, 0.717) is 39.8 Å². The molecule has 10 heteroatoms. The predicted octanol–water partition coefficient (Wildman–Crippen LogP) is 5.51. The lowest BCUT2D eigenvalue weighted by Crippen LogP contribution is -2.47. The Bertz CT molecular complexity index is 1270. The summed E-state index contributed by atoms with van der Waals surface area (Å²) >= 11 is 7.47. The molecule has 3 aromatic rings. The number of fused-ring (bicyclic) bond motifs is 1. The fourth-order valence-corrected chi connectivity index (χ4v) is 4.51. The van der Waals surface area contributed by atoms with E-state index < -0.39 is 17.2 Å². The van der Waals surface area contributed by atoms with Gasteiger partial charge >= 0.3 is 6.09 Å². The number of rotatable bonds is 5. The van der Waals surface area contributed by atoms with E-state index in [1.165, 1.54) is 11.3 Å². The van der Waals surface area contributed by atoms with Gasteiger partial charge in [0.2, 0.25) is 0 Å². The molecule has 0 spiro atoms. The van der Waals surface area contributed by atoms with Crippen molar-refractivity contribution < 1.29 is 19.1 Å². The molecule has 0 saturated heterocycles. The SMILES string of the molecule is Cc1cccc(Cl)c1NC(=O)c1ccc2nc(NC(=O)C3(NC(=O)OC(C)(C)C)CC3)sc2c1. The average molecular weight is 501 g/mol. The number of ether oxygens (including phenoxy) is 1. The highest BCUT2D eigenvalue weighted by molar-refractivity contribution is 7.22. The third-order valence-electron chi connectivity index (χ3n) is 5.26. The van der Waals surface area contributed by atoms with Crippen molar-refractivity contribution in [3.63, 3.8) is 0 Å². The van der Waals surface area contributed by atoms with Gasteiger partial charge in [0.05, 0.1) is 20.9 Å². The van der Waals surface area contributed by atoms with E-state index in [1.807, 2.05) is 19.1 Å². The molecule has 1 aromatic heterocycles. The van der Waals surface area contributed by atoms with Crippen LogP contribution in [0.4, 0.5) is 15.6 Å². The Hall–Kier alpha value is -3.17. The molecule has 0 atom stereocenters. The fourth-order valence-electron chi connectivity index (χ4n) is 3.34. The fraction of sp³-hybridized carbons (Fsp3) is 0.333. The number of halogens is 1. The number of carbonyl (C=O) groups is 3. The standard InChI is InChI=1S/C24H25ClN4O4S/c1-13-6-5-7-15(25)18(13)27-19(30)14-8-9-16-17(12-14)34-21(26-16)28-20(31)24(10-11-24)29-22(32)33-23(2,3)4/h5-9,12H,10-11H2,1-4H3,(H,27,30)(H,29,32)(H,26,28,31). The largest absolute Gasteiger partial charge is 0.444 e. The summed E-state index contributed by atoms with van der Waals surface area (Å²) in [6.45, 7) is 7.15. The lowest BCUT2D eigenvalue weighted by molar-refractivity contribution is -0.119. The van der Waals surface area contributed by atoms with E-state index >= 15 is 0 Å². The monoisotopic (exact) mass is 500 g/mol. The molecule has 1 heterocycles. The Morgan fingerprint density at radius 2 is 1.85 bits per heavy atom. The predicted molar refractivity (Wildman–Crippen MR) is 134 cm³/mol. The number of thiazole rings is 1. The van der Waals surface area contributed by atoms with Crippen LogP contribution in [0.5, 0.6) is 0 Å². The molecular weight excluding hydrogens is 476 g/mol. The highest BCUT2D eigenvalue weighted by atomic mass is 35.5. The number of nitrogens with zero attached hydrogens (tertiary/aromatic N) is 1. The molecule has 2 aromatic carbocycles. The van der Waals surface area contributed by atoms with Crippen LogP contribution in [0, 0.1) is 6.92 Å². The van der Waals surface area contributed by atoms with Gasteiger partial charge in [-0.1, -0.05) is 35.1 Å². The summed E-state index contributed by atoms with van der Waals surface area (Å²) in [5, 5.41) is 9.16. The smallest absolute Gasteiger partial charge is 0.408 e. The number of nitrogens with one attached hydrogen (secondary N) is 3. The van der Waals surface area contributed by atoms with Crippen molar-refractivity contribution >= 4 is 61.9 Å². The summed E-state index contributed by atoms with van der Waals surface area (Å²) in [4.78, 5) is 42.2. The lowest BCUT2D eigenvalue weighted by atomic mass is 10.1. The van der Waals surface area contributed by atoms with Gasteiger partial charge in [0.1, 0.15) is 11.1 Å². The van der Waals surface area contributed by atoms with Crippen LogP contribution in [-0.2, 0) is 9.53 Å². The van der Waals surface area contributed by atoms with Crippen LogP contribution in [0.3, 0.4) is 0 Å². The zero-order valence-electron chi connectivity index (χ0n) is 19.2. The van der Waals surface area contributed by atoms with Crippen LogP contribution in [0.15, 0.2) is 36.4 Å². The normalized spacial score (nSPS) is 14.4. The van der Waals surface area contributed by atoms with Crippen molar-refractivity contribution in [1.82, 2.24) is 10.3 Å². The van der Waals surface area contributed by atoms with E-state index in [-0.39, 0.29) is 11.8 Å². The van der Waals surface area contributed by atoms with E-state index in [2.05, 4.69) is 20.9 Å². The Labute approximate surface area is 206 Å². The summed E-state index contributed by atoms with van der Waals surface area (Å²) < 4.78 is 6.01. The van der Waals surface area contributed by atoms with E-state index in [1.54, 1.807) is 45.0 Å². The third-order valence-corrected chi connectivity index (χ3v) is 6.51. The zero-order valence-corrected chi connectivity index (χ0v) is 20.8. The van der Waals surface area contributed by atoms with Gasteiger partial charge in [0.25, 0.3) is 11.8 Å². The molecule has 0 radical (unpaired) electrons. The van der Waals surface area contributed by atoms with Gasteiger partial charge in [0, 0.05) is 5.56 Å². The van der Waals surface area contributed by atoms with E-state index in [4.69, 9.17) is 16.3 Å². The first-order valence-electron chi connectivity index (χ1n) is 10.8. The maximum absolute atomic E-state index is 12.8. The first-order valence-corrected chi connectivity index (χ1v) is 11.9. The summed E-state index contributed by atoms with van der Waals surface area (Å²) in [6, 6.07) is 10.5. The molecule has 3 N–H and O–H groups in total. The quantitative estimate of drug-likeness (QED) is 0.428. The Morgan fingerprint density at radius 3 is 2.50 bits per heavy atom. The molecule has 1 aliphatic carbocycles. The summed E-state index contributed by atoms with van der Waals surface area (Å²) in [6.07, 6.45) is 0.414. The van der Waals surface area contributed by atoms with Crippen molar-refractivity contribution in [2.24, 2.45) is 0 Å². The summed E-state index contributed by atoms with van der Waals surface area (Å²) in [5.41, 5.74) is 0.878. The van der Waals surface area contributed by atoms with Crippen LogP contribution in [0.2, 0.25) is 5.02 Å². The number of carbonyl (C=O) groups excluding carboxylic acids is 3.